The second-order valence-electron chi connectivity index (χ2n) is 9.74. The lowest BCUT2D eigenvalue weighted by atomic mass is 10.1. The Balaban J connectivity index is 1.96. The maximum atomic E-state index is 14.9. The number of aryl methyl sites for hydroxylation is 1. The van der Waals surface area contributed by atoms with Gasteiger partial charge in [0.1, 0.15) is 17.2 Å². The molecule has 2 N–H and O–H groups in total. The molecule has 1 saturated carbocycles. The van der Waals surface area contributed by atoms with E-state index in [9.17, 15) is 23.6 Å². The Morgan fingerprint density at radius 1 is 1.15 bits per heavy atom. The maximum absolute atomic E-state index is 14.9. The number of hydrogen-bond donors (Lipinski definition) is 2. The highest BCUT2D eigenvalue weighted by Gasteiger charge is 2.35. The van der Waals surface area contributed by atoms with E-state index in [0.717, 1.165) is 12.8 Å². The summed E-state index contributed by atoms with van der Waals surface area (Å²) in [7, 11) is 3.17. The van der Waals surface area contributed by atoms with Crippen molar-refractivity contribution in [3.8, 4) is 0 Å². The molecule has 3 amide bonds. The fraction of sp³-hybridized carbons (Fsp3) is 0.310. The van der Waals surface area contributed by atoms with Crippen LogP contribution in [0.4, 0.5) is 33.0 Å². The Morgan fingerprint density at radius 2 is 1.87 bits per heavy atom. The number of benzene rings is 2. The van der Waals surface area contributed by atoms with E-state index in [1.54, 1.807) is 63.1 Å². The monoisotopic (exact) mass is 533 g/mol. The molecule has 0 radical (unpaired) electrons. The average Bonchev–Trinajstić information content (AvgIpc) is 3.76. The van der Waals surface area contributed by atoms with Crippen LogP contribution in [0, 0.1) is 19.7 Å². The molecular weight excluding hydrogens is 501 g/mol. The highest BCUT2D eigenvalue weighted by molar-refractivity contribution is 6.09. The van der Waals surface area contributed by atoms with Crippen molar-refractivity contribution in [3.63, 3.8) is 0 Å². The second-order valence-corrected chi connectivity index (χ2v) is 9.74. The van der Waals surface area contributed by atoms with Crippen LogP contribution in [0.25, 0.3) is 0 Å². The fourth-order valence-corrected chi connectivity index (χ4v) is 4.45. The van der Waals surface area contributed by atoms with Crippen molar-refractivity contribution in [1.82, 2.24) is 9.47 Å². The van der Waals surface area contributed by atoms with Crippen molar-refractivity contribution in [1.29, 1.82) is 0 Å². The summed E-state index contributed by atoms with van der Waals surface area (Å²) in [4.78, 5) is 54.8. The number of aromatic nitrogens is 1. The fourth-order valence-electron chi connectivity index (χ4n) is 4.45. The van der Waals surface area contributed by atoms with Gasteiger partial charge in [-0.2, -0.15) is 0 Å². The number of halogens is 1. The van der Waals surface area contributed by atoms with Gasteiger partial charge in [0.15, 0.2) is 0 Å². The third kappa shape index (κ3) is 5.55. The maximum Gasteiger partial charge on any atom is 0.259 e. The summed E-state index contributed by atoms with van der Waals surface area (Å²) < 4.78 is 16.2. The van der Waals surface area contributed by atoms with Crippen molar-refractivity contribution in [2.75, 3.05) is 22.6 Å². The quantitative estimate of drug-likeness (QED) is 0.386. The lowest BCUT2D eigenvalue weighted by Crippen LogP contribution is -2.35. The van der Waals surface area contributed by atoms with Gasteiger partial charge in [0, 0.05) is 37.8 Å². The smallest absolute Gasteiger partial charge is 0.259 e. The number of nitrogens with zero attached hydrogens (tertiary/aromatic N) is 3. The number of amides is 3. The van der Waals surface area contributed by atoms with E-state index in [4.69, 9.17) is 0 Å². The van der Waals surface area contributed by atoms with Crippen molar-refractivity contribution in [2.45, 2.75) is 46.1 Å². The van der Waals surface area contributed by atoms with Crippen LogP contribution < -0.4 is 21.1 Å². The molecule has 4 rings (SSSR count). The first-order valence-corrected chi connectivity index (χ1v) is 12.8. The molecule has 1 heterocycles. The molecule has 0 bridgehead atoms. The number of nitrogens with one attached hydrogen (secondary N) is 2. The molecule has 1 aliphatic carbocycles. The Hall–Kier alpha value is -4.47. The van der Waals surface area contributed by atoms with Gasteiger partial charge in [-0.15, -0.1) is 0 Å². The first-order valence-electron chi connectivity index (χ1n) is 12.8. The molecule has 10 heteroatoms. The third-order valence-corrected chi connectivity index (χ3v) is 6.87. The van der Waals surface area contributed by atoms with E-state index in [2.05, 4.69) is 10.6 Å². The topological polar surface area (TPSA) is 104 Å². The minimum absolute atomic E-state index is 0.0316. The molecule has 39 heavy (non-hydrogen) atoms. The predicted molar refractivity (Wildman–Crippen MR) is 150 cm³/mol. The second kappa shape index (κ2) is 11.1. The molecule has 1 fully saturated rings. The lowest BCUT2D eigenvalue weighted by molar-refractivity contribution is -0.115. The van der Waals surface area contributed by atoms with Crippen LogP contribution in [0.1, 0.15) is 47.7 Å². The molecule has 0 saturated heterocycles. The van der Waals surface area contributed by atoms with Crippen LogP contribution >= 0.6 is 0 Å². The predicted octanol–water partition coefficient (Wildman–Crippen LogP) is 4.76. The van der Waals surface area contributed by atoms with Crippen molar-refractivity contribution < 1.29 is 18.8 Å². The summed E-state index contributed by atoms with van der Waals surface area (Å²) in [6, 6.07) is 11.2. The van der Waals surface area contributed by atoms with Gasteiger partial charge in [0.25, 0.3) is 11.5 Å². The van der Waals surface area contributed by atoms with Gasteiger partial charge in [0.05, 0.1) is 17.1 Å². The molecule has 0 aliphatic heterocycles. The van der Waals surface area contributed by atoms with Gasteiger partial charge >= 0.3 is 0 Å². The molecule has 1 aromatic heterocycles. The van der Waals surface area contributed by atoms with Crippen molar-refractivity contribution >= 4 is 46.8 Å². The van der Waals surface area contributed by atoms with E-state index < -0.39 is 17.3 Å². The van der Waals surface area contributed by atoms with Crippen molar-refractivity contribution in [2.24, 2.45) is 7.05 Å². The molecule has 9 nitrogen and oxygen atoms in total. The number of carbonyl (C=O) groups excluding carboxylic acids is 3. The SMILES string of the molecule is CCC(=O)Nc1cccc(N(C=O)c2c(C(=O)N(C)C3CC3)c(Nc3ccc(C)cc3F)n(C)c(=O)c2C)c1. The van der Waals surface area contributed by atoms with Crippen LogP contribution in [0.15, 0.2) is 47.3 Å². The molecule has 0 unspecified atom stereocenters. The Morgan fingerprint density at radius 3 is 2.49 bits per heavy atom. The molecule has 2 aromatic carbocycles. The number of anilines is 5. The molecule has 1 aliphatic rings. The first-order chi connectivity index (χ1) is 18.6. The van der Waals surface area contributed by atoms with Gasteiger partial charge < -0.3 is 15.5 Å². The summed E-state index contributed by atoms with van der Waals surface area (Å²) in [5, 5.41) is 5.71. The van der Waals surface area contributed by atoms with Gasteiger partial charge in [0.2, 0.25) is 12.3 Å². The molecule has 3 aromatic rings. The van der Waals surface area contributed by atoms with Gasteiger partial charge in [-0.25, -0.2) is 4.39 Å². The van der Waals surface area contributed by atoms with E-state index in [1.807, 2.05) is 0 Å². The summed E-state index contributed by atoms with van der Waals surface area (Å²) in [6.45, 7) is 5.02. The van der Waals surface area contributed by atoms with Gasteiger partial charge in [-0.3, -0.25) is 28.6 Å². The average molecular weight is 534 g/mol. The first kappa shape index (κ1) is 27.6. The van der Waals surface area contributed by atoms with Gasteiger partial charge in [-0.1, -0.05) is 19.1 Å². The Kier molecular flexibility index (Phi) is 7.85. The molecular formula is C29H32FN5O4. The number of carbonyl (C=O) groups is 3. The number of hydrogen-bond acceptors (Lipinski definition) is 5. The highest BCUT2D eigenvalue weighted by atomic mass is 19.1. The molecule has 0 spiro atoms. The van der Waals surface area contributed by atoms with E-state index in [1.165, 1.54) is 28.6 Å². The van der Waals surface area contributed by atoms with E-state index in [-0.39, 0.29) is 46.7 Å². The van der Waals surface area contributed by atoms with Gasteiger partial charge in [-0.05, 0) is 62.6 Å². The summed E-state index contributed by atoms with van der Waals surface area (Å²) in [5.74, 6) is -1.11. The van der Waals surface area contributed by atoms with E-state index in [0.29, 0.717) is 23.3 Å². The summed E-state index contributed by atoms with van der Waals surface area (Å²) in [5.41, 5.74) is 1.42. The largest absolute Gasteiger partial charge is 0.339 e. The number of pyridine rings is 1. The van der Waals surface area contributed by atoms with Crippen LogP contribution in [0.5, 0.6) is 0 Å². The lowest BCUT2D eigenvalue weighted by Gasteiger charge is -2.28. The normalized spacial score (nSPS) is 12.6. The Bertz CT molecular complexity index is 1510. The van der Waals surface area contributed by atoms with Crippen LogP contribution in [-0.4, -0.2) is 40.8 Å². The zero-order chi connectivity index (χ0) is 28.4. The summed E-state index contributed by atoms with van der Waals surface area (Å²) >= 11 is 0. The molecule has 0 atom stereocenters. The third-order valence-electron chi connectivity index (χ3n) is 6.87. The Labute approximate surface area is 226 Å². The van der Waals surface area contributed by atoms with Crippen molar-refractivity contribution in [3.05, 3.63) is 75.3 Å². The zero-order valence-corrected chi connectivity index (χ0v) is 22.7. The van der Waals surface area contributed by atoms with Crippen LogP contribution in [0.2, 0.25) is 0 Å². The highest BCUT2D eigenvalue weighted by Crippen LogP contribution is 2.38. The zero-order valence-electron chi connectivity index (χ0n) is 22.7. The minimum Gasteiger partial charge on any atom is -0.339 e. The number of rotatable bonds is 9. The standard InChI is InChI=1S/C29H32FN5O4/c1-6-24(37)31-19-8-7-9-21(15-19)35(16-36)26-18(3)28(38)34(5)27(25(26)29(39)33(4)20-11-12-20)32-23-13-10-17(2)14-22(23)30/h7-10,13-16,20,32H,6,11-12H2,1-5H3,(H,31,37). The minimum atomic E-state index is -0.551. The summed E-state index contributed by atoms with van der Waals surface area (Å²) in [6.07, 6.45) is 2.47. The molecule has 204 valence electrons. The van der Waals surface area contributed by atoms with Crippen LogP contribution in [0.3, 0.4) is 0 Å². The van der Waals surface area contributed by atoms with Crippen LogP contribution in [-0.2, 0) is 16.6 Å². The van der Waals surface area contributed by atoms with E-state index >= 15 is 0 Å².